The third-order valence-electron chi connectivity index (χ3n) is 3.19. The van der Waals surface area contributed by atoms with Crippen molar-refractivity contribution in [2.45, 2.75) is 13.5 Å². The lowest BCUT2D eigenvalue weighted by atomic mass is 10.1. The maximum Gasteiger partial charge on any atom is 0.335 e. The van der Waals surface area contributed by atoms with E-state index in [0.29, 0.717) is 18.0 Å². The highest BCUT2D eigenvalue weighted by molar-refractivity contribution is 5.87. The van der Waals surface area contributed by atoms with Crippen molar-refractivity contribution in [3.05, 3.63) is 59.5 Å². The van der Waals surface area contributed by atoms with Gasteiger partial charge in [-0.1, -0.05) is 12.1 Å². The number of nitrogens with one attached hydrogen (secondary N) is 1. The Morgan fingerprint density at radius 1 is 1.24 bits per heavy atom. The van der Waals surface area contributed by atoms with Gasteiger partial charge in [0.15, 0.2) is 11.5 Å². The van der Waals surface area contributed by atoms with Crippen molar-refractivity contribution < 1.29 is 14.3 Å². The molecule has 1 heterocycles. The van der Waals surface area contributed by atoms with Crippen LogP contribution in [0, 0.1) is 6.92 Å². The van der Waals surface area contributed by atoms with Crippen LogP contribution in [0.25, 0.3) is 11.1 Å². The molecule has 0 aliphatic carbocycles. The molecule has 5 heteroatoms. The molecule has 2 N–H and O–H groups in total. The van der Waals surface area contributed by atoms with Crippen LogP contribution in [0.1, 0.15) is 21.8 Å². The molecule has 0 unspecified atom stereocenters. The van der Waals surface area contributed by atoms with Crippen LogP contribution in [0.5, 0.6) is 0 Å². The minimum absolute atomic E-state index is 0.290. The first kappa shape index (κ1) is 13.2. The van der Waals surface area contributed by atoms with Gasteiger partial charge in [0.25, 0.3) is 0 Å². The van der Waals surface area contributed by atoms with E-state index < -0.39 is 5.97 Å². The molecule has 0 radical (unpaired) electrons. The predicted molar refractivity (Wildman–Crippen MR) is 79.5 cm³/mol. The van der Waals surface area contributed by atoms with Gasteiger partial charge in [0.2, 0.25) is 0 Å². The van der Waals surface area contributed by atoms with E-state index in [2.05, 4.69) is 10.3 Å². The van der Waals surface area contributed by atoms with E-state index >= 15 is 0 Å². The molecule has 0 bridgehead atoms. The summed E-state index contributed by atoms with van der Waals surface area (Å²) in [6.45, 7) is 2.43. The highest BCUT2D eigenvalue weighted by Crippen LogP contribution is 2.20. The first-order chi connectivity index (χ1) is 10.1. The van der Waals surface area contributed by atoms with Gasteiger partial charge < -0.3 is 14.8 Å². The molecule has 0 saturated heterocycles. The Morgan fingerprint density at radius 2 is 2.00 bits per heavy atom. The van der Waals surface area contributed by atoms with Crippen LogP contribution in [0.3, 0.4) is 0 Å². The smallest absolute Gasteiger partial charge is 0.335 e. The summed E-state index contributed by atoms with van der Waals surface area (Å²) in [5, 5.41) is 12.1. The predicted octanol–water partition coefficient (Wildman–Crippen LogP) is 3.45. The second kappa shape index (κ2) is 5.28. The summed E-state index contributed by atoms with van der Waals surface area (Å²) in [6.07, 6.45) is 0. The minimum atomic E-state index is -0.915. The average Bonchev–Trinajstić information content (AvgIpc) is 2.84. The van der Waals surface area contributed by atoms with E-state index in [1.165, 1.54) is 0 Å². The highest BCUT2D eigenvalue weighted by atomic mass is 16.4. The van der Waals surface area contributed by atoms with Gasteiger partial charge in [-0.25, -0.2) is 9.78 Å². The number of nitrogens with zero attached hydrogens (tertiary/aromatic N) is 1. The number of hydrogen-bond donors (Lipinski definition) is 2. The normalized spacial score (nSPS) is 10.7. The van der Waals surface area contributed by atoms with Gasteiger partial charge >= 0.3 is 5.97 Å². The molecule has 106 valence electrons. The summed E-state index contributed by atoms with van der Waals surface area (Å²) in [4.78, 5) is 15.1. The summed E-state index contributed by atoms with van der Waals surface area (Å²) >= 11 is 0. The van der Waals surface area contributed by atoms with Gasteiger partial charge in [-0.3, -0.25) is 0 Å². The third kappa shape index (κ3) is 2.86. The number of carboxylic acid groups (broad SMARTS) is 1. The molecule has 3 rings (SSSR count). The Hall–Kier alpha value is -2.82. The number of hydrogen-bond acceptors (Lipinski definition) is 4. The molecule has 21 heavy (non-hydrogen) atoms. The van der Waals surface area contributed by atoms with Gasteiger partial charge in [0, 0.05) is 19.2 Å². The molecule has 0 aliphatic rings. The molecule has 0 aliphatic heterocycles. The lowest BCUT2D eigenvalue weighted by Gasteiger charge is -2.06. The largest absolute Gasteiger partial charge is 0.478 e. The van der Waals surface area contributed by atoms with E-state index in [1.807, 2.05) is 25.1 Å². The van der Waals surface area contributed by atoms with E-state index in [1.54, 1.807) is 24.3 Å². The fraction of sp³-hybridized carbons (Fsp3) is 0.125. The van der Waals surface area contributed by atoms with Gasteiger partial charge in [-0.15, -0.1) is 0 Å². The van der Waals surface area contributed by atoms with Crippen molar-refractivity contribution in [1.82, 2.24) is 4.98 Å². The van der Waals surface area contributed by atoms with Gasteiger partial charge in [-0.2, -0.15) is 0 Å². The molecular formula is C16H14N2O3. The standard InChI is InChI=1S/C16H14N2O3/c1-10-18-14-8-13(6-7-15(14)21-10)17-9-11-2-4-12(5-3-11)16(19)20/h2-8,17H,9H2,1H3,(H,19,20). The number of oxazole rings is 1. The fourth-order valence-electron chi connectivity index (χ4n) is 2.12. The zero-order valence-electron chi connectivity index (χ0n) is 11.5. The molecule has 0 amide bonds. The van der Waals surface area contributed by atoms with Crippen molar-refractivity contribution in [3.63, 3.8) is 0 Å². The molecule has 5 nitrogen and oxygen atoms in total. The Kier molecular flexibility index (Phi) is 3.31. The summed E-state index contributed by atoms with van der Waals surface area (Å²) in [5.74, 6) is -0.271. The average molecular weight is 282 g/mol. The molecule has 0 saturated carbocycles. The number of rotatable bonds is 4. The molecule has 0 fully saturated rings. The molecule has 0 atom stereocenters. The second-order valence-corrected chi connectivity index (χ2v) is 4.77. The second-order valence-electron chi connectivity index (χ2n) is 4.77. The number of benzene rings is 2. The maximum atomic E-state index is 10.8. The van der Waals surface area contributed by atoms with Crippen LogP contribution in [-0.4, -0.2) is 16.1 Å². The number of carboxylic acids is 1. The Bertz CT molecular complexity index is 791. The quantitative estimate of drug-likeness (QED) is 0.766. The number of carbonyl (C=O) groups is 1. The van der Waals surface area contributed by atoms with Crippen molar-refractivity contribution >= 4 is 22.8 Å². The topological polar surface area (TPSA) is 75.4 Å². The molecule has 0 spiro atoms. The van der Waals surface area contributed by atoms with E-state index in [4.69, 9.17) is 9.52 Å². The summed E-state index contributed by atoms with van der Waals surface area (Å²) in [5.41, 5.74) is 3.83. The number of aromatic nitrogens is 1. The number of anilines is 1. The van der Waals surface area contributed by atoms with Crippen LogP contribution in [0.15, 0.2) is 46.9 Å². The number of fused-ring (bicyclic) bond motifs is 1. The minimum Gasteiger partial charge on any atom is -0.478 e. The highest BCUT2D eigenvalue weighted by Gasteiger charge is 2.04. The number of aryl methyl sites for hydroxylation is 1. The van der Waals surface area contributed by atoms with Crippen molar-refractivity contribution in [1.29, 1.82) is 0 Å². The number of aromatic carboxylic acids is 1. The van der Waals surface area contributed by atoms with Crippen LogP contribution in [0.4, 0.5) is 5.69 Å². The van der Waals surface area contributed by atoms with E-state index in [9.17, 15) is 4.79 Å². The van der Waals surface area contributed by atoms with Gasteiger partial charge in [-0.05, 0) is 35.9 Å². The van der Waals surface area contributed by atoms with Crippen LogP contribution < -0.4 is 5.32 Å². The van der Waals surface area contributed by atoms with Crippen molar-refractivity contribution in [2.75, 3.05) is 5.32 Å². The molecule has 1 aromatic heterocycles. The maximum absolute atomic E-state index is 10.8. The fourth-order valence-corrected chi connectivity index (χ4v) is 2.12. The Labute approximate surface area is 121 Å². The Morgan fingerprint density at radius 3 is 2.71 bits per heavy atom. The monoisotopic (exact) mass is 282 g/mol. The SMILES string of the molecule is Cc1nc2cc(NCc3ccc(C(=O)O)cc3)ccc2o1. The summed E-state index contributed by atoms with van der Waals surface area (Å²) in [7, 11) is 0. The van der Waals surface area contributed by atoms with E-state index in [0.717, 1.165) is 22.4 Å². The summed E-state index contributed by atoms with van der Waals surface area (Å²) < 4.78 is 5.43. The molecule has 2 aromatic carbocycles. The van der Waals surface area contributed by atoms with Crippen LogP contribution in [-0.2, 0) is 6.54 Å². The van der Waals surface area contributed by atoms with Crippen LogP contribution in [0.2, 0.25) is 0 Å². The first-order valence-corrected chi connectivity index (χ1v) is 6.55. The van der Waals surface area contributed by atoms with Gasteiger partial charge in [0.1, 0.15) is 5.52 Å². The molecular weight excluding hydrogens is 268 g/mol. The third-order valence-corrected chi connectivity index (χ3v) is 3.19. The van der Waals surface area contributed by atoms with Gasteiger partial charge in [0.05, 0.1) is 5.56 Å². The van der Waals surface area contributed by atoms with E-state index in [-0.39, 0.29) is 0 Å². The van der Waals surface area contributed by atoms with Crippen molar-refractivity contribution in [3.8, 4) is 0 Å². The lowest BCUT2D eigenvalue weighted by Crippen LogP contribution is -2.01. The zero-order valence-corrected chi connectivity index (χ0v) is 11.5. The van der Waals surface area contributed by atoms with Crippen LogP contribution >= 0.6 is 0 Å². The molecule has 3 aromatic rings. The first-order valence-electron chi connectivity index (χ1n) is 6.55. The summed E-state index contributed by atoms with van der Waals surface area (Å²) in [6, 6.07) is 12.5. The van der Waals surface area contributed by atoms with Crippen molar-refractivity contribution in [2.24, 2.45) is 0 Å². The zero-order chi connectivity index (χ0) is 14.8. The Balaban J connectivity index is 1.71. The lowest BCUT2D eigenvalue weighted by molar-refractivity contribution is 0.0697.